The SMILES string of the molecule is OC[C@@H]1CCCN1N=Nc1ccccc1. The van der Waals surface area contributed by atoms with Crippen molar-refractivity contribution in [1.29, 1.82) is 0 Å². The summed E-state index contributed by atoms with van der Waals surface area (Å²) in [5.74, 6) is 0. The summed E-state index contributed by atoms with van der Waals surface area (Å²) in [6, 6.07) is 9.79. The fourth-order valence-corrected chi connectivity index (χ4v) is 1.73. The van der Waals surface area contributed by atoms with Crippen molar-refractivity contribution in [3.8, 4) is 0 Å². The van der Waals surface area contributed by atoms with Crippen LogP contribution in [0.3, 0.4) is 0 Å². The highest BCUT2D eigenvalue weighted by atomic mass is 16.3. The number of nitrogens with zero attached hydrogens (tertiary/aromatic N) is 3. The summed E-state index contributed by atoms with van der Waals surface area (Å²) in [7, 11) is 0. The van der Waals surface area contributed by atoms with Crippen LogP contribution in [-0.4, -0.2) is 29.3 Å². The van der Waals surface area contributed by atoms with Crippen LogP contribution in [0.25, 0.3) is 0 Å². The van der Waals surface area contributed by atoms with Crippen molar-refractivity contribution in [3.05, 3.63) is 30.3 Å². The lowest BCUT2D eigenvalue weighted by molar-refractivity contribution is 0.155. The molecule has 1 aliphatic heterocycles. The first-order valence-electron chi connectivity index (χ1n) is 5.24. The normalized spacial score (nSPS) is 21.4. The summed E-state index contributed by atoms with van der Waals surface area (Å²) in [6.07, 6.45) is 2.09. The minimum Gasteiger partial charge on any atom is -0.394 e. The molecule has 1 saturated heterocycles. The maximum absolute atomic E-state index is 9.09. The van der Waals surface area contributed by atoms with Crippen molar-refractivity contribution in [3.63, 3.8) is 0 Å². The van der Waals surface area contributed by atoms with Gasteiger partial charge in [-0.2, -0.15) is 0 Å². The molecule has 1 aromatic rings. The molecule has 0 spiro atoms. The molecule has 1 atom stereocenters. The lowest BCUT2D eigenvalue weighted by Crippen LogP contribution is -2.26. The van der Waals surface area contributed by atoms with E-state index < -0.39 is 0 Å². The molecule has 1 N–H and O–H groups in total. The lowest BCUT2D eigenvalue weighted by Gasteiger charge is -2.16. The van der Waals surface area contributed by atoms with Crippen LogP contribution in [0, 0.1) is 0 Å². The van der Waals surface area contributed by atoms with Gasteiger partial charge < -0.3 is 5.11 Å². The highest BCUT2D eigenvalue weighted by Gasteiger charge is 2.22. The van der Waals surface area contributed by atoms with Crippen LogP contribution in [0.15, 0.2) is 40.7 Å². The monoisotopic (exact) mass is 205 g/mol. The van der Waals surface area contributed by atoms with Gasteiger partial charge in [-0.3, -0.25) is 5.01 Å². The molecular weight excluding hydrogens is 190 g/mol. The maximum Gasteiger partial charge on any atom is 0.0874 e. The van der Waals surface area contributed by atoms with E-state index in [1.165, 1.54) is 0 Å². The Balaban J connectivity index is 1.99. The largest absolute Gasteiger partial charge is 0.394 e. The Morgan fingerprint density at radius 3 is 2.87 bits per heavy atom. The fourth-order valence-electron chi connectivity index (χ4n) is 1.73. The van der Waals surface area contributed by atoms with Gasteiger partial charge in [0.15, 0.2) is 0 Å². The van der Waals surface area contributed by atoms with Crippen LogP contribution in [-0.2, 0) is 0 Å². The molecule has 0 aromatic heterocycles. The zero-order chi connectivity index (χ0) is 10.5. The number of hydrogen-bond donors (Lipinski definition) is 1. The minimum absolute atomic E-state index is 0.150. The lowest BCUT2D eigenvalue weighted by atomic mass is 10.2. The van der Waals surface area contributed by atoms with E-state index in [2.05, 4.69) is 10.3 Å². The van der Waals surface area contributed by atoms with E-state index in [1.54, 1.807) is 0 Å². The average Bonchev–Trinajstić information content (AvgIpc) is 2.75. The number of aliphatic hydroxyl groups is 1. The van der Waals surface area contributed by atoms with Crippen molar-refractivity contribution in [2.24, 2.45) is 10.3 Å². The first kappa shape index (κ1) is 10.1. The molecule has 0 unspecified atom stereocenters. The van der Waals surface area contributed by atoms with Gasteiger partial charge in [-0.05, 0) is 25.0 Å². The summed E-state index contributed by atoms with van der Waals surface area (Å²) >= 11 is 0. The van der Waals surface area contributed by atoms with E-state index in [4.69, 9.17) is 5.11 Å². The van der Waals surface area contributed by atoms with Gasteiger partial charge in [0.2, 0.25) is 0 Å². The van der Waals surface area contributed by atoms with Crippen molar-refractivity contribution < 1.29 is 5.11 Å². The molecule has 15 heavy (non-hydrogen) atoms. The molecule has 1 fully saturated rings. The molecule has 4 heteroatoms. The van der Waals surface area contributed by atoms with Crippen LogP contribution in [0.2, 0.25) is 0 Å². The Morgan fingerprint density at radius 2 is 2.13 bits per heavy atom. The first-order chi connectivity index (χ1) is 7.40. The average molecular weight is 205 g/mol. The van der Waals surface area contributed by atoms with Crippen molar-refractivity contribution in [1.82, 2.24) is 5.01 Å². The van der Waals surface area contributed by atoms with Gasteiger partial charge in [-0.1, -0.05) is 23.4 Å². The molecule has 1 aromatic carbocycles. The first-order valence-corrected chi connectivity index (χ1v) is 5.24. The number of rotatable bonds is 3. The molecule has 0 radical (unpaired) electrons. The minimum atomic E-state index is 0.150. The third-order valence-corrected chi connectivity index (χ3v) is 2.59. The van der Waals surface area contributed by atoms with Gasteiger partial charge in [0.25, 0.3) is 0 Å². The molecule has 0 bridgehead atoms. The maximum atomic E-state index is 9.09. The molecule has 1 aliphatic rings. The van der Waals surface area contributed by atoms with E-state index in [-0.39, 0.29) is 12.6 Å². The highest BCUT2D eigenvalue weighted by molar-refractivity contribution is 5.34. The number of aliphatic hydroxyl groups excluding tert-OH is 1. The molecule has 80 valence electrons. The predicted molar refractivity (Wildman–Crippen MR) is 57.8 cm³/mol. The van der Waals surface area contributed by atoms with Gasteiger partial charge in [-0.15, -0.1) is 5.11 Å². The van der Waals surface area contributed by atoms with E-state index in [1.807, 2.05) is 35.3 Å². The number of benzene rings is 1. The molecule has 4 nitrogen and oxygen atoms in total. The quantitative estimate of drug-likeness (QED) is 0.768. The van der Waals surface area contributed by atoms with Crippen LogP contribution in [0.5, 0.6) is 0 Å². The second-order valence-corrected chi connectivity index (χ2v) is 3.67. The van der Waals surface area contributed by atoms with Crippen LogP contribution < -0.4 is 0 Å². The summed E-state index contributed by atoms with van der Waals surface area (Å²) < 4.78 is 0. The van der Waals surface area contributed by atoms with E-state index in [9.17, 15) is 0 Å². The second-order valence-electron chi connectivity index (χ2n) is 3.67. The molecular formula is C11H15N3O. The Hall–Kier alpha value is -1.42. The Labute approximate surface area is 89.2 Å². The molecule has 1 heterocycles. The number of hydrogen-bond acceptors (Lipinski definition) is 3. The Morgan fingerprint density at radius 1 is 1.33 bits per heavy atom. The summed E-state index contributed by atoms with van der Waals surface area (Å²) in [4.78, 5) is 0. The summed E-state index contributed by atoms with van der Waals surface area (Å²) in [6.45, 7) is 1.05. The predicted octanol–water partition coefficient (Wildman–Crippen LogP) is 2.14. The Kier molecular flexibility index (Phi) is 3.29. The summed E-state index contributed by atoms with van der Waals surface area (Å²) in [5.41, 5.74) is 0.848. The zero-order valence-corrected chi connectivity index (χ0v) is 8.58. The topological polar surface area (TPSA) is 48.2 Å². The Bertz CT molecular complexity index is 326. The zero-order valence-electron chi connectivity index (χ0n) is 8.58. The van der Waals surface area contributed by atoms with Crippen LogP contribution in [0.4, 0.5) is 5.69 Å². The van der Waals surface area contributed by atoms with Gasteiger partial charge in [0.1, 0.15) is 0 Å². The van der Waals surface area contributed by atoms with Gasteiger partial charge in [0, 0.05) is 6.54 Å². The van der Waals surface area contributed by atoms with Crippen LogP contribution >= 0.6 is 0 Å². The third-order valence-electron chi connectivity index (χ3n) is 2.59. The smallest absolute Gasteiger partial charge is 0.0874 e. The molecule has 0 amide bonds. The molecule has 2 rings (SSSR count). The standard InChI is InChI=1S/C11H15N3O/c15-9-11-7-4-8-14(11)13-12-10-5-2-1-3-6-10/h1-3,5-6,11,15H,4,7-9H2/t11-/m0/s1. The molecule has 0 saturated carbocycles. The highest BCUT2D eigenvalue weighted by Crippen LogP contribution is 2.19. The van der Waals surface area contributed by atoms with E-state index in [0.717, 1.165) is 25.1 Å². The molecule has 0 aliphatic carbocycles. The second kappa shape index (κ2) is 4.89. The van der Waals surface area contributed by atoms with Crippen molar-refractivity contribution in [2.45, 2.75) is 18.9 Å². The summed E-state index contributed by atoms with van der Waals surface area (Å²) in [5, 5.41) is 19.2. The van der Waals surface area contributed by atoms with Gasteiger partial charge in [-0.25, -0.2) is 0 Å². The third kappa shape index (κ3) is 2.53. The van der Waals surface area contributed by atoms with Gasteiger partial charge in [0.05, 0.1) is 18.3 Å². The van der Waals surface area contributed by atoms with Gasteiger partial charge >= 0.3 is 0 Å². The fraction of sp³-hybridized carbons (Fsp3) is 0.455. The van der Waals surface area contributed by atoms with E-state index in [0.29, 0.717) is 0 Å². The van der Waals surface area contributed by atoms with Crippen LogP contribution in [0.1, 0.15) is 12.8 Å². The van der Waals surface area contributed by atoms with Crippen molar-refractivity contribution >= 4 is 5.69 Å². The van der Waals surface area contributed by atoms with Crippen molar-refractivity contribution in [2.75, 3.05) is 13.2 Å². The van der Waals surface area contributed by atoms with E-state index >= 15 is 0 Å².